The predicted molar refractivity (Wildman–Crippen MR) is 43.2 cm³/mol. The normalized spacial score (nSPS) is 22.1. The molecule has 0 radical (unpaired) electrons. The molecule has 7 heteroatoms. The van der Waals surface area contributed by atoms with Crippen LogP contribution in [-0.4, -0.2) is 74.1 Å². The van der Waals surface area contributed by atoms with Gasteiger partial charge in [-0.25, -0.2) is 0 Å². The molecule has 0 bridgehead atoms. The average Bonchev–Trinajstić information content (AvgIpc) is 2.24. The van der Waals surface area contributed by atoms with Crippen molar-refractivity contribution < 1.29 is 35.4 Å². The maximum atomic E-state index is 10.3. The van der Waals surface area contributed by atoms with Crippen LogP contribution in [0, 0.1) is 0 Å². The summed E-state index contributed by atoms with van der Waals surface area (Å²) in [6, 6.07) is 0. The predicted octanol–water partition coefficient (Wildman–Crippen LogP) is -4.02. The quantitative estimate of drug-likeness (QED) is 0.245. The zero-order valence-corrected chi connectivity index (χ0v) is 7.32. The Hall–Kier alpha value is -0.570. The van der Waals surface area contributed by atoms with Gasteiger partial charge in [0.15, 0.2) is 11.9 Å². The molecule has 0 aliphatic heterocycles. The number of hydrogen-bond acceptors (Lipinski definition) is 7. The first-order valence-electron chi connectivity index (χ1n) is 3.87. The fraction of sp³-hybridized carbons (Fsp3) is 0.857. The lowest BCUT2D eigenvalue weighted by Gasteiger charge is -2.30. The number of aliphatic hydroxyl groups excluding tert-OH is 5. The number of carbonyl (C=O) groups excluding carboxylic acids is 1. The van der Waals surface area contributed by atoms with E-state index >= 15 is 0 Å². The molecule has 0 aromatic rings. The highest BCUT2D eigenvalue weighted by Crippen LogP contribution is 2.13. The van der Waals surface area contributed by atoms with Crippen LogP contribution < -0.4 is 0 Å². The summed E-state index contributed by atoms with van der Waals surface area (Å²) >= 11 is 0. The highest BCUT2D eigenvalue weighted by Gasteiger charge is 2.41. The van der Waals surface area contributed by atoms with E-state index in [1.165, 1.54) is 0 Å². The van der Waals surface area contributed by atoms with Crippen LogP contribution in [0.3, 0.4) is 0 Å². The van der Waals surface area contributed by atoms with Crippen molar-refractivity contribution in [2.45, 2.75) is 23.9 Å². The molecule has 0 saturated heterocycles. The Labute approximate surface area is 79.9 Å². The molecule has 84 valence electrons. The largest absolute Gasteiger partial charge is 0.394 e. The molecule has 0 aliphatic rings. The topological polar surface area (TPSA) is 138 Å². The molecule has 0 spiro atoms. The summed E-state index contributed by atoms with van der Waals surface area (Å²) in [7, 11) is 0. The van der Waals surface area contributed by atoms with Crippen molar-refractivity contribution in [1.82, 2.24) is 0 Å². The van der Waals surface area contributed by atoms with Crippen molar-refractivity contribution >= 4 is 6.29 Å². The molecule has 0 aromatic heterocycles. The van der Waals surface area contributed by atoms with Crippen LogP contribution in [0.25, 0.3) is 0 Å². The Bertz CT molecular complexity index is 185. The lowest BCUT2D eigenvalue weighted by atomic mass is 9.92. The van der Waals surface area contributed by atoms with Crippen LogP contribution in [0.4, 0.5) is 0 Å². The van der Waals surface area contributed by atoms with E-state index in [9.17, 15) is 15.0 Å². The van der Waals surface area contributed by atoms with Crippen LogP contribution in [0.2, 0.25) is 0 Å². The molecule has 14 heavy (non-hydrogen) atoms. The van der Waals surface area contributed by atoms with E-state index < -0.39 is 37.1 Å². The molecule has 0 amide bonds. The van der Waals surface area contributed by atoms with E-state index in [1.807, 2.05) is 0 Å². The fourth-order valence-electron chi connectivity index (χ4n) is 0.815. The van der Waals surface area contributed by atoms with Gasteiger partial charge in [0.05, 0.1) is 13.2 Å². The molecule has 0 aromatic carbocycles. The van der Waals surface area contributed by atoms with Crippen molar-refractivity contribution in [2.24, 2.45) is 0 Å². The standard InChI is InChI=1S/C7H14O7/c8-1-4(11)5(12)6(13)7(14,2-9)3-10/h2,4-6,8,10-14H,1,3H2/t4-,5-,6+,7-/m1/s1. The van der Waals surface area contributed by atoms with Crippen LogP contribution in [0.15, 0.2) is 0 Å². The summed E-state index contributed by atoms with van der Waals surface area (Å²) in [5.41, 5.74) is -2.55. The van der Waals surface area contributed by atoms with E-state index in [0.29, 0.717) is 0 Å². The number of aliphatic hydroxyl groups is 6. The lowest BCUT2D eigenvalue weighted by Crippen LogP contribution is -2.56. The summed E-state index contributed by atoms with van der Waals surface area (Å²) in [5.74, 6) is 0. The van der Waals surface area contributed by atoms with E-state index in [4.69, 9.17) is 20.4 Å². The van der Waals surface area contributed by atoms with Gasteiger partial charge >= 0.3 is 0 Å². The molecule has 0 unspecified atom stereocenters. The maximum absolute atomic E-state index is 10.3. The lowest BCUT2D eigenvalue weighted by molar-refractivity contribution is -0.173. The molecule has 0 aliphatic carbocycles. The zero-order chi connectivity index (χ0) is 11.4. The first-order chi connectivity index (χ1) is 6.42. The molecular formula is C7H14O7. The number of rotatable bonds is 6. The Morgan fingerprint density at radius 1 is 1.21 bits per heavy atom. The van der Waals surface area contributed by atoms with Gasteiger partial charge in [-0.05, 0) is 0 Å². The van der Waals surface area contributed by atoms with E-state index in [2.05, 4.69) is 0 Å². The summed E-state index contributed by atoms with van der Waals surface area (Å²) < 4.78 is 0. The molecule has 0 rings (SSSR count). The molecule has 7 nitrogen and oxygen atoms in total. The van der Waals surface area contributed by atoms with Gasteiger partial charge in [0.25, 0.3) is 0 Å². The number of carbonyl (C=O) groups is 1. The van der Waals surface area contributed by atoms with E-state index in [0.717, 1.165) is 0 Å². The van der Waals surface area contributed by atoms with Crippen molar-refractivity contribution in [3.63, 3.8) is 0 Å². The third kappa shape index (κ3) is 2.71. The molecule has 0 fully saturated rings. The van der Waals surface area contributed by atoms with Gasteiger partial charge in [-0.1, -0.05) is 0 Å². The second-order valence-corrected chi connectivity index (χ2v) is 2.95. The SMILES string of the molecule is O=C[C@@](O)(CO)[C@@H](O)[C@H](O)[C@H](O)CO. The third-order valence-electron chi connectivity index (χ3n) is 1.87. The third-order valence-corrected chi connectivity index (χ3v) is 1.87. The summed E-state index contributed by atoms with van der Waals surface area (Å²) in [6.07, 6.45) is -5.86. The summed E-state index contributed by atoms with van der Waals surface area (Å²) in [6.45, 7) is -1.95. The highest BCUT2D eigenvalue weighted by atomic mass is 16.4. The van der Waals surface area contributed by atoms with E-state index in [1.54, 1.807) is 0 Å². The highest BCUT2D eigenvalue weighted by molar-refractivity contribution is 5.63. The zero-order valence-electron chi connectivity index (χ0n) is 7.32. The summed E-state index contributed by atoms with van der Waals surface area (Å²) in [5, 5.41) is 53.3. The van der Waals surface area contributed by atoms with Crippen LogP contribution in [0.1, 0.15) is 0 Å². The van der Waals surface area contributed by atoms with Gasteiger partial charge in [-0.3, -0.25) is 4.79 Å². The maximum Gasteiger partial charge on any atom is 0.171 e. The number of aldehydes is 1. The van der Waals surface area contributed by atoms with Gasteiger partial charge in [-0.2, -0.15) is 0 Å². The van der Waals surface area contributed by atoms with Crippen molar-refractivity contribution in [2.75, 3.05) is 13.2 Å². The smallest absolute Gasteiger partial charge is 0.171 e. The second-order valence-electron chi connectivity index (χ2n) is 2.95. The monoisotopic (exact) mass is 210 g/mol. The van der Waals surface area contributed by atoms with Gasteiger partial charge in [0.2, 0.25) is 0 Å². The summed E-state index contributed by atoms with van der Waals surface area (Å²) in [4.78, 5) is 10.3. The van der Waals surface area contributed by atoms with Crippen molar-refractivity contribution in [3.8, 4) is 0 Å². The van der Waals surface area contributed by atoms with E-state index in [-0.39, 0.29) is 6.29 Å². The minimum atomic E-state index is -2.55. The average molecular weight is 210 g/mol. The first kappa shape index (κ1) is 13.4. The van der Waals surface area contributed by atoms with Gasteiger partial charge in [0.1, 0.15) is 18.3 Å². The van der Waals surface area contributed by atoms with Crippen molar-refractivity contribution in [1.29, 1.82) is 0 Å². The molecule has 6 N–H and O–H groups in total. The molecule has 0 heterocycles. The second kappa shape index (κ2) is 5.35. The minimum absolute atomic E-state index is 0.148. The molecule has 4 atom stereocenters. The van der Waals surface area contributed by atoms with Crippen LogP contribution >= 0.6 is 0 Å². The molecule has 0 saturated carbocycles. The fourth-order valence-corrected chi connectivity index (χ4v) is 0.815. The molecular weight excluding hydrogens is 196 g/mol. The van der Waals surface area contributed by atoms with Crippen LogP contribution in [-0.2, 0) is 4.79 Å². The van der Waals surface area contributed by atoms with Crippen molar-refractivity contribution in [3.05, 3.63) is 0 Å². The van der Waals surface area contributed by atoms with Gasteiger partial charge < -0.3 is 30.6 Å². The Kier molecular flexibility index (Phi) is 5.13. The Morgan fingerprint density at radius 2 is 1.71 bits per heavy atom. The minimum Gasteiger partial charge on any atom is -0.394 e. The van der Waals surface area contributed by atoms with Crippen LogP contribution in [0.5, 0.6) is 0 Å². The van der Waals surface area contributed by atoms with Gasteiger partial charge in [0, 0.05) is 0 Å². The Morgan fingerprint density at radius 3 is 2.00 bits per heavy atom. The number of hydrogen-bond donors (Lipinski definition) is 6. The first-order valence-corrected chi connectivity index (χ1v) is 3.87. The Balaban J connectivity index is 4.57. The van der Waals surface area contributed by atoms with Gasteiger partial charge in [-0.15, -0.1) is 0 Å².